The Morgan fingerprint density at radius 3 is 1.07 bits per heavy atom. The fourth-order valence-corrected chi connectivity index (χ4v) is 4.51. The van der Waals surface area contributed by atoms with Crippen molar-refractivity contribution in [1.82, 2.24) is 0 Å². The number of aliphatic hydroxyl groups excluding tert-OH is 2. The Morgan fingerprint density at radius 1 is 0.552 bits per heavy atom. The zero-order chi connectivity index (χ0) is 22.3. The van der Waals surface area contributed by atoms with Gasteiger partial charge in [-0.2, -0.15) is 0 Å². The second-order valence-corrected chi connectivity index (χ2v) is 9.93. The molecule has 18 nitrogen and oxygen atoms in total. The van der Waals surface area contributed by atoms with Gasteiger partial charge in [0.1, 0.15) is 36.6 Å². The average molecular weight is 538 g/mol. The summed E-state index contributed by atoms with van der Waals surface area (Å²) in [5, 5.41) is 20.0. The summed E-state index contributed by atoms with van der Waals surface area (Å²) in [5.41, 5.74) is 0. The molecule has 0 amide bonds. The van der Waals surface area contributed by atoms with Gasteiger partial charge in [-0.25, -0.2) is 13.7 Å². The second kappa shape index (κ2) is 10.9. The van der Waals surface area contributed by atoms with Gasteiger partial charge in [-0.15, -0.1) is 0 Å². The fourth-order valence-electron chi connectivity index (χ4n) is 2.27. The quantitative estimate of drug-likeness (QED) is 0.102. The first-order valence-corrected chi connectivity index (χ1v) is 12.6. The van der Waals surface area contributed by atoms with E-state index in [1.54, 1.807) is 0 Å². The van der Waals surface area contributed by atoms with E-state index in [0.29, 0.717) is 0 Å². The molecule has 168 valence electrons. The molecule has 1 fully saturated rings. The SMILES string of the molecule is O=P([O-])(O)OC1C(O)C(OP(=O)(O)O)C(OP(=O)(O)O)C(OP(=O)(O)O)C1O.[K+]. The van der Waals surface area contributed by atoms with E-state index < -0.39 is 67.9 Å². The minimum absolute atomic E-state index is 0. The van der Waals surface area contributed by atoms with Crippen molar-refractivity contribution in [2.45, 2.75) is 36.6 Å². The van der Waals surface area contributed by atoms with Gasteiger partial charge in [0.25, 0.3) is 7.82 Å². The molecule has 0 saturated heterocycles. The van der Waals surface area contributed by atoms with Gasteiger partial charge in [0, 0.05) is 0 Å². The predicted molar refractivity (Wildman–Crippen MR) is 77.5 cm³/mol. The van der Waals surface area contributed by atoms with Gasteiger partial charge in [0.15, 0.2) is 0 Å². The Morgan fingerprint density at radius 2 is 0.828 bits per heavy atom. The molecule has 1 aliphatic carbocycles. The average Bonchev–Trinajstić information content (AvgIpc) is 2.39. The molecule has 23 heteroatoms. The minimum Gasteiger partial charge on any atom is -0.756 e. The summed E-state index contributed by atoms with van der Waals surface area (Å²) in [6, 6.07) is 0. The largest absolute Gasteiger partial charge is 1.00 e. The molecular weight excluding hydrogens is 523 g/mol. The van der Waals surface area contributed by atoms with Crippen molar-refractivity contribution in [3.63, 3.8) is 0 Å². The van der Waals surface area contributed by atoms with Crippen molar-refractivity contribution < 1.29 is 137 Å². The van der Waals surface area contributed by atoms with E-state index in [9.17, 15) is 33.4 Å². The maximum absolute atomic E-state index is 11.1. The van der Waals surface area contributed by atoms with Crippen LogP contribution in [0.4, 0.5) is 0 Å². The Hall–Kier alpha value is 2.00. The number of aliphatic hydroxyl groups is 2. The van der Waals surface area contributed by atoms with E-state index in [-0.39, 0.29) is 51.4 Å². The molecule has 9 N–H and O–H groups in total. The van der Waals surface area contributed by atoms with Crippen LogP contribution in [0.5, 0.6) is 0 Å². The van der Waals surface area contributed by atoms with E-state index in [0.717, 1.165) is 0 Å². The molecule has 1 saturated carbocycles. The first kappa shape index (κ1) is 31.0. The van der Waals surface area contributed by atoms with Gasteiger partial charge < -0.3 is 53.9 Å². The summed E-state index contributed by atoms with van der Waals surface area (Å²) in [4.78, 5) is 72.8. The third kappa shape index (κ3) is 11.1. The van der Waals surface area contributed by atoms with Crippen molar-refractivity contribution in [2.24, 2.45) is 0 Å². The first-order chi connectivity index (χ1) is 12.2. The van der Waals surface area contributed by atoms with Gasteiger partial charge in [-0.05, 0) is 0 Å². The molecule has 0 aromatic heterocycles. The van der Waals surface area contributed by atoms with E-state index in [4.69, 9.17) is 34.3 Å². The first-order valence-electron chi connectivity index (χ1n) is 6.50. The van der Waals surface area contributed by atoms with Crippen LogP contribution in [0.25, 0.3) is 0 Å². The van der Waals surface area contributed by atoms with E-state index in [2.05, 4.69) is 18.1 Å². The molecule has 0 aliphatic heterocycles. The molecular formula is C6H15KO18P4. The number of rotatable bonds is 8. The van der Waals surface area contributed by atoms with E-state index >= 15 is 0 Å². The molecule has 1 rings (SSSR count). The maximum atomic E-state index is 11.1. The minimum atomic E-state index is -5.79. The molecule has 5 atom stereocenters. The molecule has 0 aromatic carbocycles. The van der Waals surface area contributed by atoms with Crippen LogP contribution in [-0.4, -0.2) is 81.1 Å². The van der Waals surface area contributed by atoms with Crippen LogP contribution in [0.2, 0.25) is 0 Å². The molecule has 0 radical (unpaired) electrons. The number of phosphoric ester groups is 4. The smallest absolute Gasteiger partial charge is 0.756 e. The zero-order valence-corrected chi connectivity index (χ0v) is 20.7. The molecule has 0 bridgehead atoms. The molecule has 0 spiro atoms. The Bertz CT molecular complexity index is 695. The van der Waals surface area contributed by atoms with Crippen LogP contribution >= 0.6 is 31.3 Å². The van der Waals surface area contributed by atoms with Gasteiger partial charge in [0.05, 0.1) is 0 Å². The fraction of sp³-hybridized carbons (Fsp3) is 1.00. The topological polar surface area (TPSA) is 310 Å². The van der Waals surface area contributed by atoms with Crippen LogP contribution in [0, 0.1) is 0 Å². The monoisotopic (exact) mass is 538 g/mol. The third-order valence-electron chi connectivity index (χ3n) is 3.03. The van der Waals surface area contributed by atoms with Gasteiger partial charge in [-0.3, -0.25) is 18.1 Å². The summed E-state index contributed by atoms with van der Waals surface area (Å²) in [7, 11) is -22.7. The summed E-state index contributed by atoms with van der Waals surface area (Å²) in [6.45, 7) is 0. The van der Waals surface area contributed by atoms with Gasteiger partial charge in [0.2, 0.25) is 0 Å². The van der Waals surface area contributed by atoms with Crippen molar-refractivity contribution >= 4 is 31.3 Å². The standard InChI is InChI=1S/C6H16O18P4.K/c7-1-3(21-25(9,10)11)2(8)5(23-27(15,16)17)6(24-28(18,19)20)4(1)22-26(12,13)14;/h1-8H,(H2,9,10,11)(H2,12,13,14)(H2,15,16,17)(H2,18,19,20);/q;+1/p-1. The van der Waals surface area contributed by atoms with Gasteiger partial charge in [-0.1, -0.05) is 0 Å². The van der Waals surface area contributed by atoms with E-state index in [1.165, 1.54) is 0 Å². The molecule has 1 aliphatic rings. The summed E-state index contributed by atoms with van der Waals surface area (Å²) in [6.07, 6.45) is -16.1. The van der Waals surface area contributed by atoms with Crippen LogP contribution in [-0.2, 0) is 36.4 Å². The summed E-state index contributed by atoms with van der Waals surface area (Å²) in [5.74, 6) is 0. The molecule has 0 aromatic rings. The summed E-state index contributed by atoms with van der Waals surface area (Å²) >= 11 is 0. The molecule has 5 unspecified atom stereocenters. The van der Waals surface area contributed by atoms with Crippen LogP contribution < -0.4 is 56.3 Å². The number of phosphoric acid groups is 4. The van der Waals surface area contributed by atoms with E-state index in [1.807, 2.05) is 0 Å². The van der Waals surface area contributed by atoms with Crippen molar-refractivity contribution in [3.05, 3.63) is 0 Å². The summed E-state index contributed by atoms with van der Waals surface area (Å²) < 4.78 is 60.2. The molecule has 0 heterocycles. The number of hydrogen-bond donors (Lipinski definition) is 9. The maximum Gasteiger partial charge on any atom is 1.00 e. The second-order valence-electron chi connectivity index (χ2n) is 5.20. The predicted octanol–water partition coefficient (Wildman–Crippen LogP) is -6.99. The molecule has 29 heavy (non-hydrogen) atoms. The Balaban J connectivity index is 0.00000784. The van der Waals surface area contributed by atoms with Crippen molar-refractivity contribution in [2.75, 3.05) is 0 Å². The van der Waals surface area contributed by atoms with Crippen LogP contribution in [0.15, 0.2) is 0 Å². The van der Waals surface area contributed by atoms with Crippen LogP contribution in [0.3, 0.4) is 0 Å². The Labute approximate surface area is 203 Å². The van der Waals surface area contributed by atoms with Crippen molar-refractivity contribution in [1.29, 1.82) is 0 Å². The Kier molecular flexibility index (Phi) is 11.7. The van der Waals surface area contributed by atoms with Crippen molar-refractivity contribution in [3.8, 4) is 0 Å². The zero-order valence-electron chi connectivity index (χ0n) is 14.0. The third-order valence-corrected chi connectivity index (χ3v) is 5.09. The normalized spacial score (nSPS) is 33.6. The van der Waals surface area contributed by atoms with Crippen LogP contribution in [0.1, 0.15) is 0 Å². The van der Waals surface area contributed by atoms with Gasteiger partial charge >= 0.3 is 74.9 Å². The number of hydrogen-bond acceptors (Lipinski definition) is 11.